The first kappa shape index (κ1) is 19.2. The summed E-state index contributed by atoms with van der Waals surface area (Å²) in [6, 6.07) is 12.8. The summed E-state index contributed by atoms with van der Waals surface area (Å²) in [5.41, 5.74) is 1.82. The number of ketones is 1. The zero-order chi connectivity index (χ0) is 20.8. The maximum Gasteiger partial charge on any atom is 0.336 e. The van der Waals surface area contributed by atoms with Gasteiger partial charge in [-0.3, -0.25) is 9.10 Å². The first-order valence-electron chi connectivity index (χ1n) is 9.04. The minimum absolute atomic E-state index is 0.186. The Kier molecular flexibility index (Phi) is 4.66. The third-order valence-corrected chi connectivity index (χ3v) is 6.15. The lowest BCUT2D eigenvalue weighted by Crippen LogP contribution is -2.34. The number of benzene rings is 2. The molecule has 29 heavy (non-hydrogen) atoms. The Morgan fingerprint density at radius 3 is 2.69 bits per heavy atom. The Bertz CT molecular complexity index is 1280. The van der Waals surface area contributed by atoms with Gasteiger partial charge in [-0.05, 0) is 55.3 Å². The van der Waals surface area contributed by atoms with Crippen LogP contribution in [0.3, 0.4) is 0 Å². The van der Waals surface area contributed by atoms with Gasteiger partial charge < -0.3 is 9.15 Å². The van der Waals surface area contributed by atoms with Crippen LogP contribution in [0, 0.1) is 0 Å². The first-order chi connectivity index (χ1) is 13.7. The lowest BCUT2D eigenvalue weighted by atomic mass is 10.0. The van der Waals surface area contributed by atoms with Gasteiger partial charge in [-0.2, -0.15) is 0 Å². The lowest BCUT2D eigenvalue weighted by Gasteiger charge is -2.21. The van der Waals surface area contributed by atoms with Crippen LogP contribution >= 0.6 is 0 Å². The van der Waals surface area contributed by atoms with E-state index < -0.39 is 15.6 Å². The number of hydrogen-bond donors (Lipinski definition) is 0. The van der Waals surface area contributed by atoms with E-state index in [0.29, 0.717) is 29.0 Å². The van der Waals surface area contributed by atoms with E-state index in [1.807, 2.05) is 6.92 Å². The Morgan fingerprint density at radius 1 is 1.17 bits per heavy atom. The zero-order valence-corrected chi connectivity index (χ0v) is 16.7. The van der Waals surface area contributed by atoms with Crippen LogP contribution in [0.2, 0.25) is 0 Å². The number of anilines is 1. The molecule has 0 aliphatic carbocycles. The number of Topliss-reactive ketones (excluding diaryl/α,β-unsaturated/α-hetero) is 1. The number of rotatable bonds is 5. The van der Waals surface area contributed by atoms with Gasteiger partial charge in [-0.25, -0.2) is 13.2 Å². The predicted molar refractivity (Wildman–Crippen MR) is 109 cm³/mol. The Morgan fingerprint density at radius 2 is 1.93 bits per heavy atom. The second-order valence-corrected chi connectivity index (χ2v) is 8.98. The van der Waals surface area contributed by atoms with Crippen LogP contribution < -0.4 is 14.7 Å². The summed E-state index contributed by atoms with van der Waals surface area (Å²) >= 11 is 0. The highest BCUT2D eigenvalue weighted by atomic mass is 32.2. The molecule has 3 aromatic rings. The Balaban J connectivity index is 1.51. The van der Waals surface area contributed by atoms with E-state index in [2.05, 4.69) is 0 Å². The number of fused-ring (bicyclic) bond motifs is 2. The van der Waals surface area contributed by atoms with Crippen molar-refractivity contribution < 1.29 is 22.4 Å². The van der Waals surface area contributed by atoms with Gasteiger partial charge in [0.2, 0.25) is 10.0 Å². The highest BCUT2D eigenvalue weighted by molar-refractivity contribution is 7.92. The zero-order valence-electron chi connectivity index (χ0n) is 15.9. The van der Waals surface area contributed by atoms with Crippen LogP contribution in [0.5, 0.6) is 5.75 Å². The van der Waals surface area contributed by atoms with Crippen LogP contribution in [0.25, 0.3) is 11.0 Å². The standard InChI is InChI=1S/C21H19NO6S/c1-13-9-16-10-15(4-7-18(16)22(13)29(2,25)26)19(23)12-27-17-6-3-14-5-8-21(24)28-20(14)11-17/h3-8,10-11,13H,9,12H2,1-2H3/t13-/m0/s1. The van der Waals surface area contributed by atoms with E-state index in [1.165, 1.54) is 16.6 Å². The molecule has 0 radical (unpaired) electrons. The van der Waals surface area contributed by atoms with Crippen molar-refractivity contribution in [3.8, 4) is 5.75 Å². The van der Waals surface area contributed by atoms with Crippen molar-refractivity contribution in [2.45, 2.75) is 19.4 Å². The smallest absolute Gasteiger partial charge is 0.336 e. The van der Waals surface area contributed by atoms with Crippen molar-refractivity contribution in [2.24, 2.45) is 0 Å². The maximum atomic E-state index is 12.6. The molecule has 2 aromatic carbocycles. The van der Waals surface area contributed by atoms with Gasteiger partial charge in [0.15, 0.2) is 12.4 Å². The van der Waals surface area contributed by atoms with E-state index in [4.69, 9.17) is 9.15 Å². The SMILES string of the molecule is C[C@H]1Cc2cc(C(=O)COc3ccc4ccc(=O)oc4c3)ccc2N1S(C)(=O)=O. The summed E-state index contributed by atoms with van der Waals surface area (Å²) in [4.78, 5) is 23.9. The molecule has 1 atom stereocenters. The van der Waals surface area contributed by atoms with E-state index >= 15 is 0 Å². The van der Waals surface area contributed by atoms with Gasteiger partial charge in [0.25, 0.3) is 0 Å². The highest BCUT2D eigenvalue weighted by Gasteiger charge is 2.32. The molecule has 7 nitrogen and oxygen atoms in total. The minimum Gasteiger partial charge on any atom is -0.485 e. The molecule has 0 saturated carbocycles. The third kappa shape index (κ3) is 3.75. The summed E-state index contributed by atoms with van der Waals surface area (Å²) in [5, 5.41) is 0.756. The van der Waals surface area contributed by atoms with Crippen molar-refractivity contribution in [1.29, 1.82) is 0 Å². The summed E-state index contributed by atoms with van der Waals surface area (Å²) in [7, 11) is -3.37. The summed E-state index contributed by atoms with van der Waals surface area (Å²) < 4.78 is 36.1. The van der Waals surface area contributed by atoms with Gasteiger partial charge in [-0.15, -0.1) is 0 Å². The van der Waals surface area contributed by atoms with E-state index in [0.717, 1.165) is 10.9 Å². The van der Waals surface area contributed by atoms with Gasteiger partial charge in [-0.1, -0.05) is 0 Å². The normalized spacial score (nSPS) is 16.1. The largest absolute Gasteiger partial charge is 0.485 e. The molecule has 0 saturated heterocycles. The number of carbonyl (C=O) groups is 1. The molecule has 8 heteroatoms. The van der Waals surface area contributed by atoms with E-state index in [1.54, 1.807) is 42.5 Å². The molecule has 1 aromatic heterocycles. The molecule has 0 fully saturated rings. The van der Waals surface area contributed by atoms with Crippen molar-refractivity contribution in [1.82, 2.24) is 0 Å². The monoisotopic (exact) mass is 413 g/mol. The molecule has 150 valence electrons. The molecule has 0 spiro atoms. The summed E-state index contributed by atoms with van der Waals surface area (Å²) in [6.07, 6.45) is 1.73. The molecule has 1 aliphatic heterocycles. The molecule has 0 unspecified atom stereocenters. The van der Waals surface area contributed by atoms with E-state index in [-0.39, 0.29) is 18.4 Å². The number of nitrogens with zero attached hydrogens (tertiary/aromatic N) is 1. The van der Waals surface area contributed by atoms with E-state index in [9.17, 15) is 18.0 Å². The van der Waals surface area contributed by atoms with Gasteiger partial charge >= 0.3 is 5.63 Å². The fourth-order valence-electron chi connectivity index (χ4n) is 3.64. The molecular formula is C21H19NO6S. The quantitative estimate of drug-likeness (QED) is 0.472. The lowest BCUT2D eigenvalue weighted by molar-refractivity contribution is 0.0921. The van der Waals surface area contributed by atoms with Crippen LogP contribution in [-0.4, -0.2) is 33.1 Å². The third-order valence-electron chi connectivity index (χ3n) is 4.88. The van der Waals surface area contributed by atoms with Crippen molar-refractivity contribution >= 4 is 32.5 Å². The average molecular weight is 413 g/mol. The molecule has 0 N–H and O–H groups in total. The first-order valence-corrected chi connectivity index (χ1v) is 10.9. The Labute approximate surface area is 167 Å². The van der Waals surface area contributed by atoms with Gasteiger partial charge in [0, 0.05) is 29.1 Å². The van der Waals surface area contributed by atoms with Gasteiger partial charge in [0.1, 0.15) is 11.3 Å². The molecule has 0 amide bonds. The van der Waals surface area contributed by atoms with Crippen LogP contribution in [0.1, 0.15) is 22.8 Å². The predicted octanol–water partition coefficient (Wildman–Crippen LogP) is 2.77. The fraction of sp³-hybridized carbons (Fsp3) is 0.238. The van der Waals surface area contributed by atoms with Crippen molar-refractivity contribution in [2.75, 3.05) is 17.2 Å². The molecular weight excluding hydrogens is 394 g/mol. The van der Waals surface area contributed by atoms with Crippen LogP contribution in [-0.2, 0) is 16.4 Å². The number of carbonyl (C=O) groups excluding carboxylic acids is 1. The number of hydrogen-bond acceptors (Lipinski definition) is 6. The average Bonchev–Trinajstić information content (AvgIpc) is 3.00. The summed E-state index contributed by atoms with van der Waals surface area (Å²) in [6.45, 7) is 1.65. The fourth-order valence-corrected chi connectivity index (χ4v) is 4.91. The molecule has 2 heterocycles. The minimum atomic E-state index is -3.37. The number of ether oxygens (including phenoxy) is 1. The van der Waals surface area contributed by atoms with Crippen LogP contribution in [0.4, 0.5) is 5.69 Å². The second kappa shape index (κ2) is 7.04. The molecule has 4 rings (SSSR count). The number of sulfonamides is 1. The molecule has 0 bridgehead atoms. The van der Waals surface area contributed by atoms with Gasteiger partial charge in [0.05, 0.1) is 11.9 Å². The second-order valence-electron chi connectivity index (χ2n) is 7.12. The summed E-state index contributed by atoms with van der Waals surface area (Å²) in [5.74, 6) is 0.186. The topological polar surface area (TPSA) is 93.9 Å². The molecule has 1 aliphatic rings. The highest BCUT2D eigenvalue weighted by Crippen LogP contribution is 2.34. The van der Waals surface area contributed by atoms with Crippen molar-refractivity contribution in [3.05, 3.63) is 70.1 Å². The van der Waals surface area contributed by atoms with Crippen molar-refractivity contribution in [3.63, 3.8) is 0 Å². The van der Waals surface area contributed by atoms with Crippen LogP contribution in [0.15, 0.2) is 57.7 Å². The maximum absolute atomic E-state index is 12.6. The Hall–Kier alpha value is -3.13.